The number of hydrogen-bond acceptors (Lipinski definition) is 9. The van der Waals surface area contributed by atoms with Crippen LogP contribution in [0.25, 0.3) is 0 Å². The van der Waals surface area contributed by atoms with Gasteiger partial charge in [0.1, 0.15) is 5.75 Å². The minimum absolute atomic E-state index is 0.0709. The van der Waals surface area contributed by atoms with Crippen LogP contribution in [0.1, 0.15) is 0 Å². The molecule has 0 atom stereocenters. The van der Waals surface area contributed by atoms with E-state index in [-0.39, 0.29) is 17.3 Å². The molecule has 138 valence electrons. The van der Waals surface area contributed by atoms with Gasteiger partial charge in [0.15, 0.2) is 0 Å². The third kappa shape index (κ3) is 3.75. The van der Waals surface area contributed by atoms with Crippen LogP contribution in [0.2, 0.25) is 0 Å². The lowest BCUT2D eigenvalue weighted by molar-refractivity contribution is -0.383. The second kappa shape index (κ2) is 7.40. The molecule has 1 fully saturated rings. The van der Waals surface area contributed by atoms with Crippen molar-refractivity contribution < 1.29 is 9.66 Å². The van der Waals surface area contributed by atoms with Crippen molar-refractivity contribution in [3.05, 3.63) is 34.4 Å². The van der Waals surface area contributed by atoms with Crippen LogP contribution >= 0.6 is 0 Å². The van der Waals surface area contributed by atoms with Crippen molar-refractivity contribution in [3.63, 3.8) is 0 Å². The molecule has 1 aromatic heterocycles. The molecule has 2 heterocycles. The van der Waals surface area contributed by atoms with Crippen LogP contribution in [-0.2, 0) is 0 Å². The summed E-state index contributed by atoms with van der Waals surface area (Å²) in [5.74, 6) is 0.985. The maximum Gasteiger partial charge on any atom is 0.353 e. The number of aromatic nitrogens is 2. The van der Waals surface area contributed by atoms with Crippen LogP contribution in [-0.4, -0.2) is 60.1 Å². The van der Waals surface area contributed by atoms with E-state index in [1.807, 2.05) is 11.9 Å². The Labute approximate surface area is 150 Å². The fraction of sp³-hybridized carbons (Fsp3) is 0.375. The van der Waals surface area contributed by atoms with Crippen LogP contribution in [0.15, 0.2) is 24.3 Å². The molecule has 0 saturated carbocycles. The molecule has 26 heavy (non-hydrogen) atoms. The molecule has 0 radical (unpaired) electrons. The Morgan fingerprint density at radius 1 is 1.19 bits per heavy atom. The minimum atomic E-state index is -0.574. The average Bonchev–Trinajstić information content (AvgIpc) is 2.62. The number of rotatable bonds is 5. The van der Waals surface area contributed by atoms with Gasteiger partial charge in [0.05, 0.1) is 12.0 Å². The molecule has 3 N–H and O–H groups in total. The highest BCUT2D eigenvalue weighted by atomic mass is 16.6. The lowest BCUT2D eigenvalue weighted by Gasteiger charge is -2.32. The van der Waals surface area contributed by atoms with Gasteiger partial charge >= 0.3 is 5.69 Å². The van der Waals surface area contributed by atoms with Gasteiger partial charge in [-0.1, -0.05) is 0 Å². The van der Waals surface area contributed by atoms with E-state index < -0.39 is 4.92 Å². The zero-order valence-corrected chi connectivity index (χ0v) is 14.7. The highest BCUT2D eigenvalue weighted by Gasteiger charge is 2.26. The van der Waals surface area contributed by atoms with E-state index >= 15 is 0 Å². The van der Waals surface area contributed by atoms with Gasteiger partial charge in [0.25, 0.3) is 0 Å². The number of nitrogen functional groups attached to an aromatic ring is 1. The van der Waals surface area contributed by atoms with E-state index in [1.165, 1.54) is 0 Å². The van der Waals surface area contributed by atoms with E-state index in [0.717, 1.165) is 26.2 Å². The Bertz CT molecular complexity index is 789. The molecule has 1 aliphatic heterocycles. The van der Waals surface area contributed by atoms with Crippen molar-refractivity contribution in [3.8, 4) is 5.75 Å². The standard InChI is InChI=1S/C16H21N7O3/c1-21-7-9-22(10-8-21)16-19-14(17)13(23(24)25)15(20-16)18-11-3-5-12(26-2)6-4-11/h3-6H,7-10H2,1-2H3,(H3,17,18,19,20). The molecule has 1 saturated heterocycles. The highest BCUT2D eigenvalue weighted by Crippen LogP contribution is 2.32. The van der Waals surface area contributed by atoms with E-state index in [1.54, 1.807) is 31.4 Å². The van der Waals surface area contributed by atoms with Gasteiger partial charge in [-0.05, 0) is 31.3 Å². The number of hydrogen-bond donors (Lipinski definition) is 2. The van der Waals surface area contributed by atoms with E-state index in [2.05, 4.69) is 20.2 Å². The Kier molecular flexibility index (Phi) is 5.03. The average molecular weight is 359 g/mol. The number of nitro groups is 1. The van der Waals surface area contributed by atoms with Crippen LogP contribution in [0.5, 0.6) is 5.75 Å². The predicted octanol–water partition coefficient (Wildman–Crippen LogP) is 1.47. The molecule has 3 rings (SSSR count). The van der Waals surface area contributed by atoms with Crippen molar-refractivity contribution in [2.75, 3.05) is 56.3 Å². The zero-order valence-electron chi connectivity index (χ0n) is 14.7. The number of nitrogens with zero attached hydrogens (tertiary/aromatic N) is 5. The van der Waals surface area contributed by atoms with Gasteiger partial charge in [-0.25, -0.2) is 0 Å². The molecular formula is C16H21N7O3. The summed E-state index contributed by atoms with van der Waals surface area (Å²) in [6.45, 7) is 3.19. The molecule has 0 bridgehead atoms. The van der Waals surface area contributed by atoms with Crippen molar-refractivity contribution in [2.45, 2.75) is 0 Å². The number of ether oxygens (including phenoxy) is 1. The minimum Gasteiger partial charge on any atom is -0.497 e. The normalized spacial score (nSPS) is 14.9. The molecule has 2 aromatic rings. The van der Waals surface area contributed by atoms with Gasteiger partial charge in [0.2, 0.25) is 17.6 Å². The lowest BCUT2D eigenvalue weighted by atomic mass is 10.3. The van der Waals surface area contributed by atoms with Crippen LogP contribution in [0.4, 0.5) is 29.0 Å². The fourth-order valence-corrected chi connectivity index (χ4v) is 2.69. The summed E-state index contributed by atoms with van der Waals surface area (Å²) in [6, 6.07) is 6.99. The largest absolute Gasteiger partial charge is 0.497 e. The predicted molar refractivity (Wildman–Crippen MR) is 99.1 cm³/mol. The van der Waals surface area contributed by atoms with Gasteiger partial charge in [-0.2, -0.15) is 9.97 Å². The van der Waals surface area contributed by atoms with Crippen LogP contribution < -0.4 is 20.7 Å². The first-order valence-corrected chi connectivity index (χ1v) is 8.14. The molecular weight excluding hydrogens is 338 g/mol. The number of nitrogens with two attached hydrogens (primary N) is 1. The third-order valence-electron chi connectivity index (χ3n) is 4.22. The Morgan fingerprint density at radius 2 is 1.85 bits per heavy atom. The third-order valence-corrected chi connectivity index (χ3v) is 4.22. The van der Waals surface area contributed by atoms with Crippen molar-refractivity contribution in [2.24, 2.45) is 0 Å². The van der Waals surface area contributed by atoms with Gasteiger partial charge in [-0.15, -0.1) is 0 Å². The monoisotopic (exact) mass is 359 g/mol. The molecule has 0 unspecified atom stereocenters. The fourth-order valence-electron chi connectivity index (χ4n) is 2.69. The number of methoxy groups -OCH3 is 1. The molecule has 10 heteroatoms. The first-order valence-electron chi connectivity index (χ1n) is 8.14. The van der Waals surface area contributed by atoms with E-state index in [0.29, 0.717) is 17.4 Å². The van der Waals surface area contributed by atoms with Crippen LogP contribution in [0, 0.1) is 10.1 Å². The number of anilines is 4. The smallest absolute Gasteiger partial charge is 0.353 e. The topological polar surface area (TPSA) is 123 Å². The Balaban J connectivity index is 1.93. The van der Waals surface area contributed by atoms with Crippen molar-refractivity contribution >= 4 is 29.0 Å². The second-order valence-electron chi connectivity index (χ2n) is 6.01. The highest BCUT2D eigenvalue weighted by molar-refractivity contribution is 5.74. The quantitative estimate of drug-likeness (QED) is 0.603. The summed E-state index contributed by atoms with van der Waals surface area (Å²) in [7, 11) is 3.61. The zero-order chi connectivity index (χ0) is 18.7. The first-order chi connectivity index (χ1) is 12.5. The molecule has 0 spiro atoms. The molecule has 0 amide bonds. The summed E-state index contributed by atoms with van der Waals surface area (Å²) in [5.41, 5.74) is 6.17. The lowest BCUT2D eigenvalue weighted by Crippen LogP contribution is -2.45. The number of nitrogens with one attached hydrogen (secondary N) is 1. The molecule has 10 nitrogen and oxygen atoms in total. The maximum absolute atomic E-state index is 11.4. The van der Waals surface area contributed by atoms with Gasteiger partial charge < -0.3 is 25.6 Å². The summed E-state index contributed by atoms with van der Waals surface area (Å²) in [4.78, 5) is 23.5. The second-order valence-corrected chi connectivity index (χ2v) is 6.01. The summed E-state index contributed by atoms with van der Waals surface area (Å²) >= 11 is 0. The van der Waals surface area contributed by atoms with E-state index in [9.17, 15) is 10.1 Å². The number of likely N-dealkylation sites (N-methyl/N-ethyl adjacent to an activating group) is 1. The van der Waals surface area contributed by atoms with Gasteiger partial charge in [-0.3, -0.25) is 10.1 Å². The Morgan fingerprint density at radius 3 is 2.42 bits per heavy atom. The molecule has 1 aliphatic rings. The molecule has 0 aliphatic carbocycles. The Hall–Kier alpha value is -3.14. The summed E-state index contributed by atoms with van der Waals surface area (Å²) < 4.78 is 5.12. The van der Waals surface area contributed by atoms with E-state index in [4.69, 9.17) is 10.5 Å². The maximum atomic E-state index is 11.4. The van der Waals surface area contributed by atoms with Gasteiger partial charge in [0, 0.05) is 31.9 Å². The SMILES string of the molecule is COc1ccc(Nc2nc(N3CCN(C)CC3)nc(N)c2[N+](=O)[O-])cc1. The first kappa shape index (κ1) is 17.7. The summed E-state index contributed by atoms with van der Waals surface area (Å²) in [6.07, 6.45) is 0. The van der Waals surface area contributed by atoms with Crippen molar-refractivity contribution in [1.82, 2.24) is 14.9 Å². The van der Waals surface area contributed by atoms with Crippen LogP contribution in [0.3, 0.4) is 0 Å². The number of piperazine rings is 1. The van der Waals surface area contributed by atoms with Crippen molar-refractivity contribution in [1.29, 1.82) is 0 Å². The number of benzene rings is 1. The molecule has 1 aromatic carbocycles. The summed E-state index contributed by atoms with van der Waals surface area (Å²) in [5, 5.41) is 14.4.